The highest BCUT2D eigenvalue weighted by molar-refractivity contribution is 6.09. The fraction of sp³-hybridized carbons (Fsp3) is 0.214. The third kappa shape index (κ3) is 1.68. The van der Waals surface area contributed by atoms with Gasteiger partial charge in [0.25, 0.3) is 0 Å². The van der Waals surface area contributed by atoms with Crippen molar-refractivity contribution in [2.75, 3.05) is 25.2 Å². The van der Waals surface area contributed by atoms with Gasteiger partial charge in [-0.1, -0.05) is 24.3 Å². The molecule has 86 valence electrons. The fourth-order valence-electron chi connectivity index (χ4n) is 2.21. The average molecular weight is 226 g/mol. The highest BCUT2D eigenvalue weighted by Crippen LogP contribution is 2.36. The molecule has 0 saturated carbocycles. The maximum atomic E-state index is 5.13. The molecule has 0 radical (unpaired) electrons. The van der Waals surface area contributed by atoms with E-state index in [4.69, 9.17) is 4.74 Å². The maximum absolute atomic E-state index is 5.13. The second-order valence-electron chi connectivity index (χ2n) is 4.08. The summed E-state index contributed by atoms with van der Waals surface area (Å²) in [6.07, 6.45) is 1.89. The molecule has 0 aliphatic carbocycles. The topological polar surface area (TPSA) is 24.8 Å². The van der Waals surface area contributed by atoms with Crippen molar-refractivity contribution in [2.24, 2.45) is 4.99 Å². The molecule has 2 aromatic carbocycles. The van der Waals surface area contributed by atoms with E-state index in [1.807, 2.05) is 12.4 Å². The maximum Gasteiger partial charge on any atom is 0.0958 e. The van der Waals surface area contributed by atoms with Gasteiger partial charge in [0.2, 0.25) is 0 Å². The van der Waals surface area contributed by atoms with Crippen molar-refractivity contribution in [3.8, 4) is 0 Å². The van der Waals surface area contributed by atoms with Crippen LogP contribution in [0.15, 0.2) is 41.4 Å². The largest absolute Gasteiger partial charge is 0.383 e. The van der Waals surface area contributed by atoms with E-state index in [0.717, 1.165) is 12.2 Å². The van der Waals surface area contributed by atoms with Crippen molar-refractivity contribution in [2.45, 2.75) is 0 Å². The lowest BCUT2D eigenvalue weighted by atomic mass is 10.1. The van der Waals surface area contributed by atoms with E-state index in [-0.39, 0.29) is 0 Å². The van der Waals surface area contributed by atoms with E-state index in [2.05, 4.69) is 40.2 Å². The highest BCUT2D eigenvalue weighted by Gasteiger charge is 2.14. The molecule has 0 atom stereocenters. The lowest BCUT2D eigenvalue weighted by Crippen LogP contribution is -2.26. The Hall–Kier alpha value is -1.87. The van der Waals surface area contributed by atoms with Crippen LogP contribution in [-0.2, 0) is 4.74 Å². The molecule has 0 unspecified atom stereocenters. The SMILES string of the molecule is COCCN1C=Nc2cccc3cccc1c23. The van der Waals surface area contributed by atoms with Gasteiger partial charge in [0.05, 0.1) is 24.3 Å². The zero-order chi connectivity index (χ0) is 11.7. The Morgan fingerprint density at radius 1 is 1.18 bits per heavy atom. The van der Waals surface area contributed by atoms with Crippen molar-refractivity contribution in [3.05, 3.63) is 36.4 Å². The van der Waals surface area contributed by atoms with E-state index in [0.29, 0.717) is 6.61 Å². The smallest absolute Gasteiger partial charge is 0.0958 e. The molecule has 1 aliphatic heterocycles. The highest BCUT2D eigenvalue weighted by atomic mass is 16.5. The predicted octanol–water partition coefficient (Wildman–Crippen LogP) is 2.97. The molecule has 1 aliphatic rings. The molecule has 3 nitrogen and oxygen atoms in total. The lowest BCUT2D eigenvalue weighted by Gasteiger charge is -2.25. The normalized spacial score (nSPS) is 13.4. The molecule has 1 heterocycles. The van der Waals surface area contributed by atoms with Gasteiger partial charge in [-0.05, 0) is 17.5 Å². The Kier molecular flexibility index (Phi) is 2.53. The van der Waals surface area contributed by atoms with Gasteiger partial charge < -0.3 is 9.64 Å². The standard InChI is InChI=1S/C14H14N2O/c1-17-9-8-16-10-15-12-6-2-4-11-5-3-7-13(16)14(11)12/h2-7,10H,8-9H2,1H3. The van der Waals surface area contributed by atoms with Gasteiger partial charge in [0.15, 0.2) is 0 Å². The fourth-order valence-corrected chi connectivity index (χ4v) is 2.21. The summed E-state index contributed by atoms with van der Waals surface area (Å²) in [5.74, 6) is 0. The molecule has 0 spiro atoms. The summed E-state index contributed by atoms with van der Waals surface area (Å²) in [7, 11) is 1.72. The first kappa shape index (κ1) is 10.3. The van der Waals surface area contributed by atoms with E-state index >= 15 is 0 Å². The molecule has 0 N–H and O–H groups in total. The second kappa shape index (κ2) is 4.18. The van der Waals surface area contributed by atoms with Crippen LogP contribution in [0.2, 0.25) is 0 Å². The van der Waals surface area contributed by atoms with Crippen LogP contribution in [0.1, 0.15) is 0 Å². The molecule has 0 fully saturated rings. The minimum absolute atomic E-state index is 0.699. The Morgan fingerprint density at radius 2 is 2.00 bits per heavy atom. The van der Waals surface area contributed by atoms with Crippen LogP contribution in [0.5, 0.6) is 0 Å². The number of ether oxygens (including phenoxy) is 1. The molecule has 0 saturated heterocycles. The van der Waals surface area contributed by atoms with Crippen molar-refractivity contribution in [3.63, 3.8) is 0 Å². The summed E-state index contributed by atoms with van der Waals surface area (Å²) in [6, 6.07) is 12.6. The number of methoxy groups -OCH3 is 1. The van der Waals surface area contributed by atoms with Crippen LogP contribution in [0.4, 0.5) is 11.4 Å². The minimum atomic E-state index is 0.699. The number of benzene rings is 2. The van der Waals surface area contributed by atoms with Gasteiger partial charge in [0, 0.05) is 19.0 Å². The van der Waals surface area contributed by atoms with Gasteiger partial charge in [-0.2, -0.15) is 0 Å². The molecule has 0 amide bonds. The number of nitrogens with zero attached hydrogens (tertiary/aromatic N) is 2. The lowest BCUT2D eigenvalue weighted by molar-refractivity contribution is 0.208. The molecule has 3 heteroatoms. The van der Waals surface area contributed by atoms with Gasteiger partial charge in [-0.3, -0.25) is 0 Å². The van der Waals surface area contributed by atoms with Crippen LogP contribution in [-0.4, -0.2) is 26.6 Å². The first-order valence-electron chi connectivity index (χ1n) is 5.71. The quantitative estimate of drug-likeness (QED) is 0.803. The average Bonchev–Trinajstić information content (AvgIpc) is 2.39. The second-order valence-corrected chi connectivity index (χ2v) is 4.08. The van der Waals surface area contributed by atoms with E-state index in [9.17, 15) is 0 Å². The third-order valence-electron chi connectivity index (χ3n) is 3.04. The van der Waals surface area contributed by atoms with Crippen LogP contribution in [0, 0.1) is 0 Å². The van der Waals surface area contributed by atoms with E-state index in [1.165, 1.54) is 16.5 Å². The summed E-state index contributed by atoms with van der Waals surface area (Å²) in [5, 5.41) is 2.47. The van der Waals surface area contributed by atoms with Crippen LogP contribution < -0.4 is 4.90 Å². The molecule has 3 rings (SSSR count). The van der Waals surface area contributed by atoms with Crippen LogP contribution >= 0.6 is 0 Å². The summed E-state index contributed by atoms with van der Waals surface area (Å²) in [4.78, 5) is 6.63. The number of hydrogen-bond acceptors (Lipinski definition) is 3. The summed E-state index contributed by atoms with van der Waals surface area (Å²) in [6.45, 7) is 1.53. The first-order valence-corrected chi connectivity index (χ1v) is 5.71. The predicted molar refractivity (Wildman–Crippen MR) is 71.3 cm³/mol. The Morgan fingerprint density at radius 3 is 2.82 bits per heavy atom. The third-order valence-corrected chi connectivity index (χ3v) is 3.04. The minimum Gasteiger partial charge on any atom is -0.383 e. The number of aliphatic imine (C=N–C) groups is 1. The van der Waals surface area contributed by atoms with Gasteiger partial charge in [0.1, 0.15) is 0 Å². The van der Waals surface area contributed by atoms with Crippen molar-refractivity contribution in [1.29, 1.82) is 0 Å². The number of rotatable bonds is 3. The van der Waals surface area contributed by atoms with Crippen molar-refractivity contribution in [1.82, 2.24) is 0 Å². The molecule has 0 aromatic heterocycles. The monoisotopic (exact) mass is 226 g/mol. The summed E-state index contributed by atoms with van der Waals surface area (Å²) in [5.41, 5.74) is 2.26. The summed E-state index contributed by atoms with van der Waals surface area (Å²) >= 11 is 0. The Labute approximate surface area is 100 Å². The Bertz CT molecular complexity index is 572. The molecular formula is C14H14N2O. The molecule has 2 aromatic rings. The van der Waals surface area contributed by atoms with Crippen molar-refractivity contribution >= 4 is 28.5 Å². The number of hydrogen-bond donors (Lipinski definition) is 0. The zero-order valence-corrected chi connectivity index (χ0v) is 9.76. The van der Waals surface area contributed by atoms with Gasteiger partial charge >= 0.3 is 0 Å². The molecule has 17 heavy (non-hydrogen) atoms. The molecular weight excluding hydrogens is 212 g/mol. The zero-order valence-electron chi connectivity index (χ0n) is 9.76. The van der Waals surface area contributed by atoms with E-state index < -0.39 is 0 Å². The van der Waals surface area contributed by atoms with E-state index in [1.54, 1.807) is 7.11 Å². The van der Waals surface area contributed by atoms with Gasteiger partial charge in [-0.15, -0.1) is 0 Å². The Balaban J connectivity index is 2.13. The first-order chi connectivity index (χ1) is 8.40. The van der Waals surface area contributed by atoms with Crippen molar-refractivity contribution < 1.29 is 4.74 Å². The van der Waals surface area contributed by atoms with Crippen LogP contribution in [0.25, 0.3) is 10.8 Å². The molecule has 0 bridgehead atoms. The van der Waals surface area contributed by atoms with Gasteiger partial charge in [-0.25, -0.2) is 4.99 Å². The summed E-state index contributed by atoms with van der Waals surface area (Å²) < 4.78 is 5.13. The number of anilines is 1. The van der Waals surface area contributed by atoms with Crippen LogP contribution in [0.3, 0.4) is 0 Å².